The van der Waals surface area contributed by atoms with E-state index in [0.717, 1.165) is 16.8 Å². The van der Waals surface area contributed by atoms with Gasteiger partial charge < -0.3 is 4.90 Å². The Morgan fingerprint density at radius 1 is 1.18 bits per heavy atom. The van der Waals surface area contributed by atoms with Crippen LogP contribution in [0.3, 0.4) is 0 Å². The Hall–Kier alpha value is -2.13. The maximum absolute atomic E-state index is 12.2. The average Bonchev–Trinajstić information content (AvgIpc) is 2.82. The summed E-state index contributed by atoms with van der Waals surface area (Å²) in [6, 6.07) is 13.0. The summed E-state index contributed by atoms with van der Waals surface area (Å²) >= 11 is 5.98. The van der Waals surface area contributed by atoms with Crippen LogP contribution in [0.2, 0.25) is 5.02 Å². The minimum absolute atomic E-state index is 0.0750. The highest BCUT2D eigenvalue weighted by molar-refractivity contribution is 6.30. The van der Waals surface area contributed by atoms with Gasteiger partial charge in [0.15, 0.2) is 5.78 Å². The van der Waals surface area contributed by atoms with Gasteiger partial charge in [-0.2, -0.15) is 0 Å². The maximum atomic E-state index is 12.2. The molecule has 0 fully saturated rings. The summed E-state index contributed by atoms with van der Waals surface area (Å²) in [5, 5.41) is 0.649. The standard InChI is InChI=1S/C18H16ClNO2/c1-2-17(21)13-5-3-12(4-6-13)11-20-16-8-7-15(19)9-14(16)10-18(20)22/h3-9H,2,10-11H2,1H3. The summed E-state index contributed by atoms with van der Waals surface area (Å²) in [7, 11) is 0. The molecular weight excluding hydrogens is 298 g/mol. The number of rotatable bonds is 4. The Morgan fingerprint density at radius 2 is 1.91 bits per heavy atom. The fraction of sp³-hybridized carbons (Fsp3) is 0.222. The third kappa shape index (κ3) is 2.77. The molecule has 0 atom stereocenters. The molecule has 4 heteroatoms. The molecule has 0 spiro atoms. The van der Waals surface area contributed by atoms with E-state index in [9.17, 15) is 9.59 Å². The van der Waals surface area contributed by atoms with Gasteiger partial charge in [-0.3, -0.25) is 9.59 Å². The number of Topliss-reactive ketones (excluding diaryl/α,β-unsaturated/α-hetero) is 1. The molecule has 0 N–H and O–H groups in total. The number of nitrogens with zero attached hydrogens (tertiary/aromatic N) is 1. The predicted molar refractivity (Wildman–Crippen MR) is 87.4 cm³/mol. The SMILES string of the molecule is CCC(=O)c1ccc(CN2C(=O)Cc3cc(Cl)ccc32)cc1. The molecule has 0 saturated carbocycles. The third-order valence-corrected chi connectivity index (χ3v) is 4.15. The zero-order valence-corrected chi connectivity index (χ0v) is 13.1. The molecule has 1 amide bonds. The molecule has 3 rings (SSSR count). The number of carbonyl (C=O) groups is 2. The number of hydrogen-bond donors (Lipinski definition) is 0. The van der Waals surface area contributed by atoms with E-state index in [-0.39, 0.29) is 11.7 Å². The zero-order chi connectivity index (χ0) is 15.7. The second kappa shape index (κ2) is 5.93. The molecular formula is C18H16ClNO2. The molecule has 2 aromatic carbocycles. The highest BCUT2D eigenvalue weighted by Crippen LogP contribution is 2.32. The maximum Gasteiger partial charge on any atom is 0.231 e. The highest BCUT2D eigenvalue weighted by Gasteiger charge is 2.27. The molecule has 1 aliphatic rings. The fourth-order valence-electron chi connectivity index (χ4n) is 2.71. The number of carbonyl (C=O) groups excluding carboxylic acids is 2. The summed E-state index contributed by atoms with van der Waals surface area (Å²) in [5.74, 6) is 0.203. The van der Waals surface area contributed by atoms with E-state index < -0.39 is 0 Å². The Bertz CT molecular complexity index is 737. The van der Waals surface area contributed by atoms with E-state index in [4.69, 9.17) is 11.6 Å². The van der Waals surface area contributed by atoms with E-state index in [0.29, 0.717) is 30.0 Å². The number of fused-ring (bicyclic) bond motifs is 1. The summed E-state index contributed by atoms with van der Waals surface area (Å²) in [6.07, 6.45) is 0.889. The van der Waals surface area contributed by atoms with Crippen LogP contribution in [0.4, 0.5) is 5.69 Å². The van der Waals surface area contributed by atoms with Gasteiger partial charge in [0.05, 0.1) is 13.0 Å². The lowest BCUT2D eigenvalue weighted by atomic mass is 10.1. The molecule has 22 heavy (non-hydrogen) atoms. The van der Waals surface area contributed by atoms with Gasteiger partial charge in [0.2, 0.25) is 5.91 Å². The first-order valence-electron chi connectivity index (χ1n) is 7.29. The molecule has 0 saturated heterocycles. The van der Waals surface area contributed by atoms with Crippen molar-refractivity contribution in [2.24, 2.45) is 0 Å². The number of anilines is 1. The van der Waals surface area contributed by atoms with Gasteiger partial charge in [-0.25, -0.2) is 0 Å². The molecule has 2 aromatic rings. The molecule has 0 bridgehead atoms. The van der Waals surface area contributed by atoms with Crippen molar-refractivity contribution in [2.75, 3.05) is 4.90 Å². The van der Waals surface area contributed by atoms with Crippen molar-refractivity contribution in [3.8, 4) is 0 Å². The topological polar surface area (TPSA) is 37.4 Å². The second-order valence-electron chi connectivity index (χ2n) is 5.40. The van der Waals surface area contributed by atoms with Gasteiger partial charge in [-0.1, -0.05) is 42.8 Å². The Morgan fingerprint density at radius 3 is 2.59 bits per heavy atom. The van der Waals surface area contributed by atoms with Gasteiger partial charge in [0.25, 0.3) is 0 Å². The molecule has 112 valence electrons. The van der Waals surface area contributed by atoms with E-state index in [2.05, 4.69) is 0 Å². The van der Waals surface area contributed by atoms with Crippen LogP contribution in [0.15, 0.2) is 42.5 Å². The minimum atomic E-state index is 0.0750. The molecule has 0 radical (unpaired) electrons. The Balaban J connectivity index is 1.82. The van der Waals surface area contributed by atoms with E-state index in [1.165, 1.54) is 0 Å². The summed E-state index contributed by atoms with van der Waals surface area (Å²) in [5.41, 5.74) is 3.60. The van der Waals surface area contributed by atoms with Gasteiger partial charge in [0.1, 0.15) is 0 Å². The molecule has 0 unspecified atom stereocenters. The number of halogens is 1. The van der Waals surface area contributed by atoms with Crippen LogP contribution in [-0.2, 0) is 17.8 Å². The van der Waals surface area contributed by atoms with Crippen molar-refractivity contribution < 1.29 is 9.59 Å². The Labute approximate surface area is 134 Å². The van der Waals surface area contributed by atoms with Crippen LogP contribution < -0.4 is 4.90 Å². The van der Waals surface area contributed by atoms with Crippen LogP contribution in [0.5, 0.6) is 0 Å². The zero-order valence-electron chi connectivity index (χ0n) is 12.3. The van der Waals surface area contributed by atoms with Gasteiger partial charge >= 0.3 is 0 Å². The summed E-state index contributed by atoms with van der Waals surface area (Å²) in [4.78, 5) is 25.6. The highest BCUT2D eigenvalue weighted by atomic mass is 35.5. The summed E-state index contributed by atoms with van der Waals surface area (Å²) < 4.78 is 0. The van der Waals surface area contributed by atoms with Gasteiger partial charge in [-0.05, 0) is 29.3 Å². The monoisotopic (exact) mass is 313 g/mol. The first-order valence-corrected chi connectivity index (χ1v) is 7.67. The van der Waals surface area contributed by atoms with Crippen LogP contribution in [-0.4, -0.2) is 11.7 Å². The first-order chi connectivity index (χ1) is 10.6. The average molecular weight is 314 g/mol. The third-order valence-electron chi connectivity index (χ3n) is 3.91. The van der Waals surface area contributed by atoms with E-state index in [1.54, 1.807) is 11.0 Å². The van der Waals surface area contributed by atoms with Crippen LogP contribution >= 0.6 is 11.6 Å². The molecule has 3 nitrogen and oxygen atoms in total. The van der Waals surface area contributed by atoms with Crippen molar-refractivity contribution in [1.29, 1.82) is 0 Å². The number of amides is 1. The molecule has 0 aliphatic carbocycles. The normalized spacial score (nSPS) is 13.4. The van der Waals surface area contributed by atoms with Crippen LogP contribution in [0, 0.1) is 0 Å². The fourth-order valence-corrected chi connectivity index (χ4v) is 2.90. The van der Waals surface area contributed by atoms with Crippen molar-refractivity contribution in [2.45, 2.75) is 26.3 Å². The second-order valence-corrected chi connectivity index (χ2v) is 5.84. The number of hydrogen-bond acceptors (Lipinski definition) is 2. The van der Waals surface area contributed by atoms with Gasteiger partial charge in [0, 0.05) is 22.7 Å². The summed E-state index contributed by atoms with van der Waals surface area (Å²) in [6.45, 7) is 2.36. The largest absolute Gasteiger partial charge is 0.307 e. The lowest BCUT2D eigenvalue weighted by molar-refractivity contribution is -0.117. The molecule has 1 aliphatic heterocycles. The van der Waals surface area contributed by atoms with Crippen molar-refractivity contribution in [1.82, 2.24) is 0 Å². The predicted octanol–water partition coefficient (Wildman–Crippen LogP) is 4.02. The van der Waals surface area contributed by atoms with E-state index >= 15 is 0 Å². The van der Waals surface area contributed by atoms with Gasteiger partial charge in [-0.15, -0.1) is 0 Å². The van der Waals surface area contributed by atoms with Crippen molar-refractivity contribution in [3.63, 3.8) is 0 Å². The lowest BCUT2D eigenvalue weighted by Gasteiger charge is -2.17. The lowest BCUT2D eigenvalue weighted by Crippen LogP contribution is -2.25. The van der Waals surface area contributed by atoms with Crippen LogP contribution in [0.1, 0.15) is 34.8 Å². The molecule has 0 aromatic heterocycles. The molecule has 1 heterocycles. The number of ketones is 1. The minimum Gasteiger partial charge on any atom is -0.307 e. The van der Waals surface area contributed by atoms with Crippen LogP contribution in [0.25, 0.3) is 0 Å². The first kappa shape index (κ1) is 14.8. The Kier molecular flexibility index (Phi) is 3.99. The van der Waals surface area contributed by atoms with Crippen molar-refractivity contribution in [3.05, 3.63) is 64.2 Å². The quantitative estimate of drug-likeness (QED) is 0.799. The number of benzene rings is 2. The smallest absolute Gasteiger partial charge is 0.231 e. The van der Waals surface area contributed by atoms with Crippen molar-refractivity contribution >= 4 is 29.0 Å². The van der Waals surface area contributed by atoms with E-state index in [1.807, 2.05) is 43.3 Å².